The molecule has 39 nitrogen and oxygen atoms in total. The monoisotopic (exact) mass is 1770 g/mol. The lowest BCUT2D eigenvalue weighted by Crippen LogP contribution is -2.64. The van der Waals surface area contributed by atoms with Crippen LogP contribution in [0.25, 0.3) is 21.8 Å². The van der Waals surface area contributed by atoms with Crippen molar-refractivity contribution in [2.24, 2.45) is 28.9 Å². The molecule has 12 atom stereocenters. The van der Waals surface area contributed by atoms with E-state index in [1.807, 2.05) is 0 Å². The molecule has 26 N–H and O–H groups in total. The van der Waals surface area contributed by atoms with Gasteiger partial charge in [0.15, 0.2) is 0 Å². The number of hydrogen-bond acceptors (Lipinski definition) is 23. The number of aromatic hydroxyl groups is 1. The number of phenolic OH excluding ortho intramolecular Hbond substituents is 1. The second-order valence-electron chi connectivity index (χ2n) is 31.7. The molecule has 0 unspecified atom stereocenters. The van der Waals surface area contributed by atoms with Crippen molar-refractivity contribution in [1.82, 2.24) is 84.4 Å². The van der Waals surface area contributed by atoms with Crippen molar-refractivity contribution in [3.8, 4) is 5.75 Å². The Hall–Kier alpha value is -12.2. The molecule has 41 heteroatoms. The summed E-state index contributed by atoms with van der Waals surface area (Å²) in [6.45, 7) is 10.1. The number of carboxylic acid groups (broad SMARTS) is 1. The minimum absolute atomic E-state index is 0.00472. The first-order chi connectivity index (χ1) is 59.1. The zero-order chi connectivity index (χ0) is 92.4. The lowest BCUT2D eigenvalue weighted by atomic mass is 9.97. The lowest BCUT2D eigenvalue weighted by Gasteiger charge is -2.34. The van der Waals surface area contributed by atoms with E-state index in [1.165, 1.54) is 65.8 Å². The van der Waals surface area contributed by atoms with Gasteiger partial charge in [0.05, 0.1) is 19.6 Å². The van der Waals surface area contributed by atoms with E-state index in [4.69, 9.17) is 40.3 Å². The first kappa shape index (κ1) is 102. The number of aromatic nitrogens is 2. The van der Waals surface area contributed by atoms with Crippen LogP contribution in [0.15, 0.2) is 116 Å². The van der Waals surface area contributed by atoms with Crippen molar-refractivity contribution < 1.29 is 91.7 Å². The average Bonchev–Trinajstić information content (AvgIpc) is 1.67. The summed E-state index contributed by atoms with van der Waals surface area (Å²) in [4.78, 5) is 228. The normalized spacial score (nSPS) is 14.4. The van der Waals surface area contributed by atoms with Gasteiger partial charge < -0.3 is 122 Å². The molecule has 0 aliphatic carbocycles. The van der Waals surface area contributed by atoms with Crippen molar-refractivity contribution >= 4 is 142 Å². The van der Waals surface area contributed by atoms with Crippen LogP contribution in [0.2, 0.25) is 0 Å². The van der Waals surface area contributed by atoms with Crippen molar-refractivity contribution in [1.29, 1.82) is 0 Å². The molecule has 0 aliphatic rings. The number of aromatic amines is 2. The molecule has 2 heterocycles. The van der Waals surface area contributed by atoms with E-state index < -0.39 is 209 Å². The number of nitrogens with two attached hydrogens (primary N) is 4. The van der Waals surface area contributed by atoms with E-state index in [-0.39, 0.29) is 70.4 Å². The summed E-state index contributed by atoms with van der Waals surface area (Å²) >= 11 is 9.24. The molecule has 15 amide bonds. The molecule has 4 aromatic carbocycles. The van der Waals surface area contributed by atoms with Gasteiger partial charge in [0.25, 0.3) is 0 Å². The average molecular weight is 1780 g/mol. The quantitative estimate of drug-likeness (QED) is 0.0140. The maximum absolute atomic E-state index is 15.4. The van der Waals surface area contributed by atoms with Crippen molar-refractivity contribution in [3.63, 3.8) is 0 Å². The highest BCUT2D eigenvalue weighted by Gasteiger charge is 2.43. The van der Waals surface area contributed by atoms with Gasteiger partial charge in [-0.25, -0.2) is 0 Å². The summed E-state index contributed by atoms with van der Waals surface area (Å²) in [6, 6.07) is 9.98. The number of carbonyl (C=O) groups is 16. The number of nitrogens with one attached hydrogen (secondary N) is 16. The number of carbonyl (C=O) groups excluding carboxylic acids is 15. The van der Waals surface area contributed by atoms with Gasteiger partial charge in [-0.05, 0) is 132 Å². The topological polar surface area (TPSA) is 627 Å². The highest BCUT2D eigenvalue weighted by molar-refractivity contribution is 7.82. The Morgan fingerprint density at radius 1 is 0.448 bits per heavy atom. The summed E-state index contributed by atoms with van der Waals surface area (Å²) in [6.07, 6.45) is 2.55. The number of thiol groups is 2. The standard InChI is InChI=1S/C84H118N20O19S2/c1-45(2)68(102-78(118)62(38-51-42-91-56-24-15-13-22-54(51)56)98-77(117)63(39-67(109)110)100-81(121)69(83(5,6)124)103-72(112)46(3)93-47(4)105)80(120)104-70(84(7,8)125)82(122)99-60(36-49-27-29-52(106)30-28-49)75(115)97-61(37-50-41-90-55-23-14-12-21-53(50)55)76(116)95-58(26-18-32-86)74(114)101-64(40-87)79(119)96-59(35-48-19-10-9-11-20-48)73(113)92-43-65(107)89-33-34-123-44-66(108)94-57(71(88)111)25-16-17-31-85/h9-15,19-24,27-30,41-42,45-46,57-64,68-70,90-91,106,124-125H,16-18,25-26,31-40,43-44,85-87H2,1-8H3,(H2,88,111)(H,89,107)(H,92,113)(H,93,105)(H,94,108)(H,95,116)(H,96,119)(H,97,115)(H,98,117)(H,99,122)(H,100,121)(H,101,114)(H,102,118)(H,103,112)(H,104,120)(H,109,110)/t46-,57+,58-,59-,60-,61-,62-,63-,64-,68-,69+,70+/m0/s1. The van der Waals surface area contributed by atoms with Crippen LogP contribution in [0.4, 0.5) is 0 Å². The van der Waals surface area contributed by atoms with Gasteiger partial charge in [-0.3, -0.25) is 76.7 Å². The number of fused-ring (bicyclic) bond motifs is 2. The molecule has 680 valence electrons. The van der Waals surface area contributed by atoms with Gasteiger partial charge in [0.1, 0.15) is 84.9 Å². The number of aliphatic carboxylic acids is 1. The fourth-order valence-corrected chi connectivity index (χ4v) is 13.6. The van der Waals surface area contributed by atoms with Gasteiger partial charge in [-0.2, -0.15) is 25.3 Å². The number of rotatable bonds is 52. The molecule has 0 bridgehead atoms. The molecular weight excluding hydrogens is 1660 g/mol. The Kier molecular flexibility index (Phi) is 40.1. The Balaban J connectivity index is 1.23. The maximum Gasteiger partial charge on any atom is 0.305 e. The zero-order valence-electron chi connectivity index (χ0n) is 71.0. The maximum atomic E-state index is 15.4. The summed E-state index contributed by atoms with van der Waals surface area (Å²) in [5.74, 6) is -15.8. The Bertz CT molecular complexity index is 4730. The summed E-state index contributed by atoms with van der Waals surface area (Å²) in [5, 5.41) is 57.8. The minimum Gasteiger partial charge on any atom is -0.508 e. The van der Waals surface area contributed by atoms with Crippen molar-refractivity contribution in [2.75, 3.05) is 45.9 Å². The minimum atomic E-state index is -1.92. The van der Waals surface area contributed by atoms with Crippen molar-refractivity contribution in [2.45, 2.75) is 202 Å². The molecule has 0 saturated heterocycles. The van der Waals surface area contributed by atoms with Crippen LogP contribution >= 0.6 is 25.3 Å². The van der Waals surface area contributed by atoms with Gasteiger partial charge in [0.2, 0.25) is 88.6 Å². The van der Waals surface area contributed by atoms with E-state index in [2.05, 4.69) is 97.0 Å². The second-order valence-corrected chi connectivity index (χ2v) is 34.0. The van der Waals surface area contributed by atoms with E-state index in [1.54, 1.807) is 105 Å². The molecule has 0 aliphatic heterocycles. The van der Waals surface area contributed by atoms with Crippen LogP contribution in [0.5, 0.6) is 5.75 Å². The number of phenols is 1. The number of H-pyrrole nitrogens is 2. The van der Waals surface area contributed by atoms with E-state index in [0.717, 1.165) is 0 Å². The number of ether oxygens (including phenoxy) is 1. The van der Waals surface area contributed by atoms with Gasteiger partial charge in [-0.1, -0.05) is 92.7 Å². The van der Waals surface area contributed by atoms with Crippen molar-refractivity contribution in [3.05, 3.63) is 138 Å². The number of amides is 15. The molecular formula is C84H118N20O19S2. The molecule has 6 rings (SSSR count). The molecule has 2 aromatic heterocycles. The van der Waals surface area contributed by atoms with E-state index in [0.29, 0.717) is 63.4 Å². The number of hydrogen-bond donors (Lipinski definition) is 24. The molecule has 0 radical (unpaired) electrons. The third-order valence-corrected chi connectivity index (χ3v) is 20.5. The second kappa shape index (κ2) is 49.3. The summed E-state index contributed by atoms with van der Waals surface area (Å²) < 4.78 is 2.44. The predicted octanol–water partition coefficient (Wildman–Crippen LogP) is -2.41. The van der Waals surface area contributed by atoms with Crippen LogP contribution in [0.3, 0.4) is 0 Å². The van der Waals surface area contributed by atoms with Crippen LogP contribution in [-0.2, 0) is 107 Å². The fourth-order valence-electron chi connectivity index (χ4n) is 13.3. The summed E-state index contributed by atoms with van der Waals surface area (Å²) in [5.41, 5.74) is 26.3. The summed E-state index contributed by atoms with van der Waals surface area (Å²) in [7, 11) is 0. The van der Waals surface area contributed by atoms with Crippen LogP contribution in [0, 0.1) is 5.92 Å². The Morgan fingerprint density at radius 2 is 0.888 bits per heavy atom. The molecule has 0 saturated carbocycles. The number of carboxylic acids is 1. The molecule has 125 heavy (non-hydrogen) atoms. The van der Waals surface area contributed by atoms with Gasteiger partial charge in [-0.15, -0.1) is 0 Å². The number of unbranched alkanes of at least 4 members (excludes halogenated alkanes) is 1. The first-order valence-electron chi connectivity index (χ1n) is 40.8. The zero-order valence-corrected chi connectivity index (χ0v) is 72.8. The first-order valence-corrected chi connectivity index (χ1v) is 41.7. The Labute approximate surface area is 733 Å². The molecule has 6 aromatic rings. The van der Waals surface area contributed by atoms with Crippen LogP contribution in [0.1, 0.15) is 116 Å². The number of benzene rings is 4. The van der Waals surface area contributed by atoms with E-state index >= 15 is 24.0 Å². The fraction of sp³-hybridized carbons (Fsp3) is 0.476. The number of para-hydroxylation sites is 2. The van der Waals surface area contributed by atoms with E-state index in [9.17, 15) is 63.0 Å². The van der Waals surface area contributed by atoms with Crippen LogP contribution in [-0.4, -0.2) is 243 Å². The highest BCUT2D eigenvalue weighted by Crippen LogP contribution is 2.25. The third kappa shape index (κ3) is 33.1. The molecule has 0 spiro atoms. The van der Waals surface area contributed by atoms with Crippen LogP contribution < -0.4 is 97.4 Å². The highest BCUT2D eigenvalue weighted by atomic mass is 32.1. The largest absolute Gasteiger partial charge is 0.508 e. The Morgan fingerprint density at radius 3 is 1.39 bits per heavy atom. The molecule has 0 fully saturated rings. The SMILES string of the molecule is CC(=O)N[C@@H](C)C(=O)N[C@H](C(=O)N[C@@H](CC(=O)O)C(=O)N[C@@H](Cc1c[nH]c2ccccc12)C(=O)N[C@H](C(=O)N[C@H](C(=O)N[C@@H](Cc1ccc(O)cc1)C(=O)N[C@@H](Cc1c[nH]c2ccccc12)C(=O)N[C@@H](CCCN)C(=O)N[C@@H](CN)C(=O)N[C@@H](Cc1ccccc1)C(=O)NCC(=O)NCCOCC(=O)N[C@H](CCCCN)C(N)=O)C(C)(C)S)C(C)C)C(C)(C)S. The van der Waals surface area contributed by atoms with Gasteiger partial charge >= 0.3 is 5.97 Å². The predicted molar refractivity (Wildman–Crippen MR) is 470 cm³/mol. The smallest absolute Gasteiger partial charge is 0.305 e. The third-order valence-electron chi connectivity index (χ3n) is 20.0. The lowest BCUT2D eigenvalue weighted by molar-refractivity contribution is -0.141. The number of primary amides is 1. The van der Waals surface area contributed by atoms with Gasteiger partial charge in [0, 0.05) is 89.4 Å².